The first-order valence-electron chi connectivity index (χ1n) is 5.36. The number of likely N-dealkylation sites (N-methyl/N-ethyl adjacent to an activating group) is 1. The first kappa shape index (κ1) is 12.3. The van der Waals surface area contributed by atoms with Gasteiger partial charge in [0, 0.05) is 39.3 Å². The van der Waals surface area contributed by atoms with Crippen LogP contribution in [0.1, 0.15) is 13.8 Å². The van der Waals surface area contributed by atoms with Gasteiger partial charge in [-0.15, -0.1) is 0 Å². The summed E-state index contributed by atoms with van der Waals surface area (Å²) in [5.74, 6) is 0. The second kappa shape index (κ2) is 5.35. The molecule has 1 fully saturated rings. The van der Waals surface area contributed by atoms with E-state index in [2.05, 4.69) is 48.6 Å². The predicted molar refractivity (Wildman–Crippen MR) is 65.0 cm³/mol. The average Bonchev–Trinajstić information content (AvgIpc) is 2.06. The molecule has 3 nitrogen and oxygen atoms in total. The molecule has 0 aromatic carbocycles. The monoisotopic (exact) mass is 217 g/mol. The predicted octanol–water partition coefficient (Wildman–Crippen LogP) is 0.489. The molecule has 1 saturated heterocycles. The molecule has 0 aromatic heterocycles. The Bertz CT molecular complexity index is 159. The van der Waals surface area contributed by atoms with Gasteiger partial charge in [0.1, 0.15) is 0 Å². The summed E-state index contributed by atoms with van der Waals surface area (Å²) in [7, 11) is 2.19. The van der Waals surface area contributed by atoms with Crippen molar-refractivity contribution >= 4 is 12.6 Å². The molecule has 14 heavy (non-hydrogen) atoms. The molecule has 0 aliphatic carbocycles. The molecule has 0 unspecified atom stereocenters. The number of piperazine rings is 1. The Hall–Kier alpha value is 0.230. The average molecular weight is 217 g/mol. The molecule has 0 saturated carbocycles. The van der Waals surface area contributed by atoms with Crippen molar-refractivity contribution < 1.29 is 0 Å². The summed E-state index contributed by atoms with van der Waals surface area (Å²) in [6, 6.07) is 0. The zero-order valence-electron chi connectivity index (χ0n) is 9.58. The maximum atomic E-state index is 4.43. The van der Waals surface area contributed by atoms with E-state index in [0.717, 1.165) is 13.1 Å². The lowest BCUT2D eigenvalue weighted by atomic mass is 10.3. The highest BCUT2D eigenvalue weighted by atomic mass is 32.1. The second-order valence-electron chi connectivity index (χ2n) is 4.63. The maximum Gasteiger partial charge on any atom is 0.0558 e. The van der Waals surface area contributed by atoms with Crippen molar-refractivity contribution in [2.45, 2.75) is 18.7 Å². The summed E-state index contributed by atoms with van der Waals surface area (Å²) in [6.07, 6.45) is 0. The summed E-state index contributed by atoms with van der Waals surface area (Å²) in [6.45, 7) is 11.1. The van der Waals surface area contributed by atoms with Crippen molar-refractivity contribution in [2.24, 2.45) is 0 Å². The quantitative estimate of drug-likeness (QED) is 0.528. The summed E-state index contributed by atoms with van der Waals surface area (Å²) < 4.78 is 0. The highest BCUT2D eigenvalue weighted by Crippen LogP contribution is 2.05. The second-order valence-corrected chi connectivity index (χ2v) is 5.75. The highest BCUT2D eigenvalue weighted by Gasteiger charge is 2.14. The summed E-state index contributed by atoms with van der Waals surface area (Å²) >= 11 is 4.43. The van der Waals surface area contributed by atoms with Crippen LogP contribution >= 0.6 is 12.6 Å². The van der Waals surface area contributed by atoms with Gasteiger partial charge in [-0.25, -0.2) is 0 Å². The molecule has 4 heteroatoms. The number of hydrogen-bond donors (Lipinski definition) is 2. The van der Waals surface area contributed by atoms with E-state index in [9.17, 15) is 0 Å². The van der Waals surface area contributed by atoms with E-state index in [4.69, 9.17) is 0 Å². The highest BCUT2D eigenvalue weighted by molar-refractivity contribution is 7.81. The van der Waals surface area contributed by atoms with Crippen LogP contribution in [0.15, 0.2) is 0 Å². The minimum Gasteiger partial charge on any atom is -0.304 e. The van der Waals surface area contributed by atoms with Crippen LogP contribution in [0, 0.1) is 0 Å². The van der Waals surface area contributed by atoms with Crippen LogP contribution in [0.3, 0.4) is 0 Å². The molecule has 1 N–H and O–H groups in total. The van der Waals surface area contributed by atoms with Crippen LogP contribution in [-0.2, 0) is 0 Å². The van der Waals surface area contributed by atoms with E-state index in [-0.39, 0.29) is 4.87 Å². The summed E-state index contributed by atoms with van der Waals surface area (Å²) in [5, 5.41) is 3.39. The first-order chi connectivity index (χ1) is 6.47. The van der Waals surface area contributed by atoms with Crippen LogP contribution < -0.4 is 5.32 Å². The van der Waals surface area contributed by atoms with Gasteiger partial charge in [0.25, 0.3) is 0 Å². The van der Waals surface area contributed by atoms with E-state index in [1.54, 1.807) is 0 Å². The van der Waals surface area contributed by atoms with E-state index in [0.29, 0.717) is 0 Å². The van der Waals surface area contributed by atoms with Gasteiger partial charge in [-0.05, 0) is 20.9 Å². The molecule has 0 radical (unpaired) electrons. The van der Waals surface area contributed by atoms with Gasteiger partial charge in [-0.2, -0.15) is 12.6 Å². The van der Waals surface area contributed by atoms with Crippen molar-refractivity contribution in [3.8, 4) is 0 Å². The number of hydrogen-bond acceptors (Lipinski definition) is 4. The van der Waals surface area contributed by atoms with Crippen molar-refractivity contribution in [3.05, 3.63) is 0 Å². The Morgan fingerprint density at radius 1 is 1.21 bits per heavy atom. The fraction of sp³-hybridized carbons (Fsp3) is 1.00. The molecule has 1 aliphatic rings. The molecule has 0 atom stereocenters. The summed E-state index contributed by atoms with van der Waals surface area (Å²) in [5.41, 5.74) is 0. The third kappa shape index (κ3) is 5.20. The smallest absolute Gasteiger partial charge is 0.0558 e. The van der Waals surface area contributed by atoms with E-state index in [1.807, 2.05) is 0 Å². The molecule has 1 aliphatic heterocycles. The number of nitrogens with zero attached hydrogens (tertiary/aromatic N) is 2. The SMILES string of the molecule is CN1CCN(CCNC(C)(C)S)CC1. The lowest BCUT2D eigenvalue weighted by Gasteiger charge is -2.33. The summed E-state index contributed by atoms with van der Waals surface area (Å²) in [4.78, 5) is 4.84. The standard InChI is InChI=1S/C10H23N3S/c1-10(2,14)11-4-5-13-8-6-12(3)7-9-13/h11,14H,4-9H2,1-3H3. The topological polar surface area (TPSA) is 18.5 Å². The van der Waals surface area contributed by atoms with Gasteiger partial charge < -0.3 is 10.2 Å². The first-order valence-corrected chi connectivity index (χ1v) is 5.80. The Labute approximate surface area is 93.2 Å². The fourth-order valence-electron chi connectivity index (χ4n) is 1.59. The van der Waals surface area contributed by atoms with Crippen LogP contribution in [0.4, 0.5) is 0 Å². The zero-order chi connectivity index (χ0) is 10.6. The van der Waals surface area contributed by atoms with Crippen LogP contribution in [0.2, 0.25) is 0 Å². The zero-order valence-corrected chi connectivity index (χ0v) is 10.5. The molecule has 1 heterocycles. The maximum absolute atomic E-state index is 4.43. The van der Waals surface area contributed by atoms with Gasteiger partial charge in [0.15, 0.2) is 0 Å². The molecular formula is C10H23N3S. The van der Waals surface area contributed by atoms with E-state index < -0.39 is 0 Å². The van der Waals surface area contributed by atoms with Crippen LogP contribution in [0.5, 0.6) is 0 Å². The normalized spacial score (nSPS) is 21.4. The van der Waals surface area contributed by atoms with Crippen LogP contribution in [-0.4, -0.2) is 61.0 Å². The third-order valence-electron chi connectivity index (χ3n) is 2.58. The number of nitrogens with one attached hydrogen (secondary N) is 1. The van der Waals surface area contributed by atoms with Gasteiger partial charge in [-0.1, -0.05) is 0 Å². The van der Waals surface area contributed by atoms with Crippen molar-refractivity contribution in [1.29, 1.82) is 0 Å². The number of rotatable bonds is 4. The van der Waals surface area contributed by atoms with Gasteiger partial charge in [-0.3, -0.25) is 4.90 Å². The molecule has 0 aromatic rings. The van der Waals surface area contributed by atoms with Crippen molar-refractivity contribution in [3.63, 3.8) is 0 Å². The Morgan fingerprint density at radius 2 is 1.79 bits per heavy atom. The minimum absolute atomic E-state index is 0.0490. The van der Waals surface area contributed by atoms with Crippen molar-refractivity contribution in [2.75, 3.05) is 46.3 Å². The largest absolute Gasteiger partial charge is 0.304 e. The van der Waals surface area contributed by atoms with Crippen LogP contribution in [0.25, 0.3) is 0 Å². The Kier molecular flexibility index (Phi) is 4.70. The molecule has 0 bridgehead atoms. The molecule has 0 spiro atoms. The lowest BCUT2D eigenvalue weighted by Crippen LogP contribution is -2.47. The third-order valence-corrected chi connectivity index (χ3v) is 2.74. The van der Waals surface area contributed by atoms with Gasteiger partial charge in [0.2, 0.25) is 0 Å². The van der Waals surface area contributed by atoms with E-state index >= 15 is 0 Å². The fourth-order valence-corrected chi connectivity index (χ4v) is 1.70. The van der Waals surface area contributed by atoms with Crippen molar-refractivity contribution in [1.82, 2.24) is 15.1 Å². The molecule has 84 valence electrons. The Balaban J connectivity index is 2.08. The number of thiol groups is 1. The minimum atomic E-state index is -0.0490. The Morgan fingerprint density at radius 3 is 2.29 bits per heavy atom. The van der Waals surface area contributed by atoms with Gasteiger partial charge in [0.05, 0.1) is 4.87 Å². The molecule has 0 amide bonds. The van der Waals surface area contributed by atoms with E-state index in [1.165, 1.54) is 26.2 Å². The molecule has 1 rings (SSSR count). The molecular weight excluding hydrogens is 194 g/mol. The lowest BCUT2D eigenvalue weighted by molar-refractivity contribution is 0.153. The van der Waals surface area contributed by atoms with Gasteiger partial charge >= 0.3 is 0 Å².